The highest BCUT2D eigenvalue weighted by Gasteiger charge is 2.19. The van der Waals surface area contributed by atoms with E-state index in [0.29, 0.717) is 6.54 Å². The van der Waals surface area contributed by atoms with Crippen molar-refractivity contribution < 1.29 is 4.79 Å². The number of carbonyl (C=O) groups is 1. The number of nitrogens with one attached hydrogen (secondary N) is 1. The Hall–Kier alpha value is -0.770. The molecule has 2 amide bonds. The van der Waals surface area contributed by atoms with E-state index in [4.69, 9.17) is 5.73 Å². The van der Waals surface area contributed by atoms with Gasteiger partial charge in [0.05, 0.1) is 0 Å². The molecule has 1 aliphatic heterocycles. The van der Waals surface area contributed by atoms with Gasteiger partial charge < -0.3 is 16.0 Å². The summed E-state index contributed by atoms with van der Waals surface area (Å²) in [5, 5.41) is 2.78. The van der Waals surface area contributed by atoms with Crippen LogP contribution in [0.3, 0.4) is 0 Å². The molecule has 1 aliphatic rings. The molecule has 0 bridgehead atoms. The Balaban J connectivity index is 2.29. The Bertz CT molecular complexity index is 152. The maximum atomic E-state index is 11.3. The van der Waals surface area contributed by atoms with Gasteiger partial charge in [-0.05, 0) is 19.8 Å². The molecule has 0 aliphatic carbocycles. The lowest BCUT2D eigenvalue weighted by atomic mass is 10.1. The molecule has 70 valence electrons. The van der Waals surface area contributed by atoms with Crippen LogP contribution in [0.1, 0.15) is 19.8 Å². The number of urea groups is 1. The van der Waals surface area contributed by atoms with E-state index in [9.17, 15) is 4.79 Å². The van der Waals surface area contributed by atoms with Crippen molar-refractivity contribution in [2.75, 3.05) is 19.6 Å². The van der Waals surface area contributed by atoms with Crippen LogP contribution in [0.5, 0.6) is 0 Å². The number of hydrogen-bond acceptors (Lipinski definition) is 2. The fraction of sp³-hybridized carbons (Fsp3) is 0.875. The highest BCUT2D eigenvalue weighted by molar-refractivity contribution is 5.74. The number of piperidine rings is 1. The fourth-order valence-electron chi connectivity index (χ4n) is 1.37. The molecule has 0 spiro atoms. The van der Waals surface area contributed by atoms with Crippen LogP contribution in [0.2, 0.25) is 0 Å². The summed E-state index contributed by atoms with van der Waals surface area (Å²) in [5.41, 5.74) is 5.71. The van der Waals surface area contributed by atoms with Gasteiger partial charge in [0.15, 0.2) is 0 Å². The largest absolute Gasteiger partial charge is 0.338 e. The van der Waals surface area contributed by atoms with Gasteiger partial charge in [0, 0.05) is 25.7 Å². The average molecular weight is 171 g/mol. The maximum absolute atomic E-state index is 11.3. The van der Waals surface area contributed by atoms with Gasteiger partial charge in [0.2, 0.25) is 0 Å². The zero-order chi connectivity index (χ0) is 8.97. The number of nitrogens with zero attached hydrogens (tertiary/aromatic N) is 1. The first-order chi connectivity index (χ1) is 5.74. The van der Waals surface area contributed by atoms with E-state index < -0.39 is 0 Å². The predicted molar refractivity (Wildman–Crippen MR) is 47.9 cm³/mol. The number of rotatable bonds is 1. The van der Waals surface area contributed by atoms with E-state index in [1.165, 1.54) is 0 Å². The third-order valence-corrected chi connectivity index (χ3v) is 2.15. The smallest absolute Gasteiger partial charge is 0.317 e. The molecule has 0 aromatic heterocycles. The highest BCUT2D eigenvalue weighted by atomic mass is 16.2. The van der Waals surface area contributed by atoms with Gasteiger partial charge in [-0.1, -0.05) is 0 Å². The summed E-state index contributed by atoms with van der Waals surface area (Å²) in [4.78, 5) is 13.1. The molecule has 0 atom stereocenters. The summed E-state index contributed by atoms with van der Waals surface area (Å²) in [5.74, 6) is 0. The highest BCUT2D eigenvalue weighted by Crippen LogP contribution is 2.07. The number of carbonyl (C=O) groups excluding carboxylic acids is 1. The Kier molecular flexibility index (Phi) is 3.34. The summed E-state index contributed by atoms with van der Waals surface area (Å²) < 4.78 is 0. The van der Waals surface area contributed by atoms with Gasteiger partial charge in [-0.3, -0.25) is 0 Å². The van der Waals surface area contributed by atoms with Crippen molar-refractivity contribution in [3.63, 3.8) is 0 Å². The summed E-state index contributed by atoms with van der Waals surface area (Å²) in [6, 6.07) is 0.333. The summed E-state index contributed by atoms with van der Waals surface area (Å²) in [6.45, 7) is 4.22. The van der Waals surface area contributed by atoms with Crippen molar-refractivity contribution >= 4 is 6.03 Å². The lowest BCUT2D eigenvalue weighted by Gasteiger charge is -2.29. The Morgan fingerprint density at radius 2 is 2.17 bits per heavy atom. The molecular weight excluding hydrogens is 154 g/mol. The van der Waals surface area contributed by atoms with E-state index in [1.54, 1.807) is 0 Å². The second-order valence-electron chi connectivity index (χ2n) is 3.16. The first kappa shape index (κ1) is 9.32. The van der Waals surface area contributed by atoms with Crippen molar-refractivity contribution in [3.8, 4) is 0 Å². The Labute approximate surface area is 73.1 Å². The Morgan fingerprint density at radius 3 is 2.67 bits per heavy atom. The van der Waals surface area contributed by atoms with Gasteiger partial charge >= 0.3 is 6.03 Å². The molecule has 0 saturated carbocycles. The minimum Gasteiger partial charge on any atom is -0.338 e. The van der Waals surface area contributed by atoms with Crippen molar-refractivity contribution in [1.82, 2.24) is 10.2 Å². The van der Waals surface area contributed by atoms with Crippen LogP contribution in [0.4, 0.5) is 4.79 Å². The van der Waals surface area contributed by atoms with Gasteiger partial charge in [0.25, 0.3) is 0 Å². The number of likely N-dealkylation sites (tertiary alicyclic amines) is 1. The Morgan fingerprint density at radius 1 is 1.58 bits per heavy atom. The second kappa shape index (κ2) is 4.30. The quantitative estimate of drug-likeness (QED) is 0.589. The van der Waals surface area contributed by atoms with E-state index in [-0.39, 0.29) is 12.1 Å². The molecule has 4 heteroatoms. The first-order valence-electron chi connectivity index (χ1n) is 4.52. The van der Waals surface area contributed by atoms with Crippen LogP contribution < -0.4 is 11.1 Å². The predicted octanol–water partition coefficient (Wildman–Crippen LogP) is 0.139. The van der Waals surface area contributed by atoms with E-state index in [1.807, 2.05) is 11.8 Å². The molecule has 1 heterocycles. The number of nitrogens with two attached hydrogens (primary N) is 1. The lowest BCUT2D eigenvalue weighted by Crippen LogP contribution is -2.47. The molecule has 0 aromatic rings. The van der Waals surface area contributed by atoms with Gasteiger partial charge in [0.1, 0.15) is 0 Å². The van der Waals surface area contributed by atoms with Gasteiger partial charge in [-0.15, -0.1) is 0 Å². The SMILES string of the molecule is CCNC(=O)N1CCC(N)CC1. The van der Waals surface area contributed by atoms with Crippen LogP contribution in [-0.4, -0.2) is 36.6 Å². The molecule has 3 N–H and O–H groups in total. The standard InChI is InChI=1S/C8H17N3O/c1-2-10-8(12)11-5-3-7(9)4-6-11/h7H,2-6,9H2,1H3,(H,10,12). The first-order valence-corrected chi connectivity index (χ1v) is 4.52. The van der Waals surface area contributed by atoms with Crippen molar-refractivity contribution in [2.24, 2.45) is 5.73 Å². The molecule has 1 saturated heterocycles. The third kappa shape index (κ3) is 2.37. The monoisotopic (exact) mass is 171 g/mol. The fourth-order valence-corrected chi connectivity index (χ4v) is 1.37. The van der Waals surface area contributed by atoms with Crippen LogP contribution in [0.15, 0.2) is 0 Å². The molecule has 1 rings (SSSR count). The molecule has 0 radical (unpaired) electrons. The van der Waals surface area contributed by atoms with E-state index in [2.05, 4.69) is 5.32 Å². The zero-order valence-corrected chi connectivity index (χ0v) is 7.55. The maximum Gasteiger partial charge on any atom is 0.317 e. The zero-order valence-electron chi connectivity index (χ0n) is 7.55. The van der Waals surface area contributed by atoms with Crippen LogP contribution in [-0.2, 0) is 0 Å². The normalized spacial score (nSPS) is 19.3. The van der Waals surface area contributed by atoms with E-state index in [0.717, 1.165) is 25.9 Å². The van der Waals surface area contributed by atoms with Crippen molar-refractivity contribution in [2.45, 2.75) is 25.8 Å². The van der Waals surface area contributed by atoms with Gasteiger partial charge in [-0.2, -0.15) is 0 Å². The molecule has 4 nitrogen and oxygen atoms in total. The average Bonchev–Trinajstić information content (AvgIpc) is 2.06. The number of amides is 2. The summed E-state index contributed by atoms with van der Waals surface area (Å²) in [6.07, 6.45) is 1.86. The van der Waals surface area contributed by atoms with Crippen molar-refractivity contribution in [3.05, 3.63) is 0 Å². The van der Waals surface area contributed by atoms with Crippen LogP contribution in [0, 0.1) is 0 Å². The topological polar surface area (TPSA) is 58.4 Å². The number of hydrogen-bond donors (Lipinski definition) is 2. The second-order valence-corrected chi connectivity index (χ2v) is 3.16. The molecular formula is C8H17N3O. The molecule has 12 heavy (non-hydrogen) atoms. The lowest BCUT2D eigenvalue weighted by molar-refractivity contribution is 0.182. The summed E-state index contributed by atoms with van der Waals surface area (Å²) >= 11 is 0. The minimum absolute atomic E-state index is 0.0457. The van der Waals surface area contributed by atoms with Gasteiger partial charge in [-0.25, -0.2) is 4.79 Å². The summed E-state index contributed by atoms with van der Waals surface area (Å²) in [7, 11) is 0. The molecule has 0 aromatic carbocycles. The van der Waals surface area contributed by atoms with E-state index >= 15 is 0 Å². The molecule has 1 fully saturated rings. The van der Waals surface area contributed by atoms with Crippen molar-refractivity contribution in [1.29, 1.82) is 0 Å². The van der Waals surface area contributed by atoms with Crippen LogP contribution >= 0.6 is 0 Å². The van der Waals surface area contributed by atoms with Crippen LogP contribution in [0.25, 0.3) is 0 Å². The molecule has 0 unspecified atom stereocenters. The minimum atomic E-state index is 0.0457. The third-order valence-electron chi connectivity index (χ3n) is 2.15.